The van der Waals surface area contributed by atoms with E-state index in [-0.39, 0.29) is 30.4 Å². The number of ketones is 1. The van der Waals surface area contributed by atoms with E-state index in [1.807, 2.05) is 24.3 Å². The number of piperazine rings is 1. The molecule has 1 aromatic carbocycles. The Labute approximate surface area is 137 Å². The molecule has 0 bridgehead atoms. The highest BCUT2D eigenvalue weighted by Crippen LogP contribution is 2.11. The van der Waals surface area contributed by atoms with E-state index in [1.165, 1.54) is 5.56 Å². The van der Waals surface area contributed by atoms with Gasteiger partial charge in [-0.25, -0.2) is 0 Å². The summed E-state index contributed by atoms with van der Waals surface area (Å²) in [6.45, 7) is 5.87. The van der Waals surface area contributed by atoms with Crippen molar-refractivity contribution >= 4 is 17.6 Å². The van der Waals surface area contributed by atoms with Crippen molar-refractivity contribution in [2.24, 2.45) is 0 Å². The van der Waals surface area contributed by atoms with Gasteiger partial charge in [0.05, 0.1) is 0 Å². The summed E-state index contributed by atoms with van der Waals surface area (Å²) < 4.78 is 0. The summed E-state index contributed by atoms with van der Waals surface area (Å²) in [5.74, 6) is 0.0397. The molecule has 0 aromatic heterocycles. The quantitative estimate of drug-likeness (QED) is 0.780. The minimum Gasteiger partial charge on any atom is -0.339 e. The molecule has 0 unspecified atom stereocenters. The molecule has 0 atom stereocenters. The van der Waals surface area contributed by atoms with Gasteiger partial charge in [-0.2, -0.15) is 0 Å². The molecule has 0 aliphatic carbocycles. The third-order valence-electron chi connectivity index (χ3n) is 4.33. The molecule has 0 saturated carbocycles. The van der Waals surface area contributed by atoms with Crippen LogP contribution < -0.4 is 0 Å². The Kier molecular flexibility index (Phi) is 5.90. The maximum Gasteiger partial charge on any atom is 0.223 e. The summed E-state index contributed by atoms with van der Waals surface area (Å²) >= 11 is 0. The lowest BCUT2D eigenvalue weighted by Crippen LogP contribution is -2.50. The number of amides is 2. The zero-order valence-electron chi connectivity index (χ0n) is 13.9. The molecule has 5 heteroatoms. The second kappa shape index (κ2) is 7.90. The first-order valence-corrected chi connectivity index (χ1v) is 8.16. The van der Waals surface area contributed by atoms with Crippen molar-refractivity contribution in [2.45, 2.75) is 33.1 Å². The number of hydrogen-bond donors (Lipinski definition) is 0. The van der Waals surface area contributed by atoms with E-state index in [0.717, 1.165) is 6.42 Å². The van der Waals surface area contributed by atoms with Crippen molar-refractivity contribution in [1.82, 2.24) is 9.80 Å². The second-order valence-electron chi connectivity index (χ2n) is 5.86. The number of carbonyl (C=O) groups is 3. The van der Waals surface area contributed by atoms with E-state index in [2.05, 4.69) is 6.92 Å². The molecule has 1 aliphatic rings. The van der Waals surface area contributed by atoms with Gasteiger partial charge in [0.15, 0.2) is 5.78 Å². The highest BCUT2D eigenvalue weighted by molar-refractivity contribution is 5.98. The number of carbonyl (C=O) groups excluding carboxylic acids is 3. The highest BCUT2D eigenvalue weighted by Gasteiger charge is 2.22. The lowest BCUT2D eigenvalue weighted by molar-refractivity contribution is -0.138. The fraction of sp³-hybridized carbons (Fsp3) is 0.500. The van der Waals surface area contributed by atoms with Crippen LogP contribution in [0.5, 0.6) is 0 Å². The van der Waals surface area contributed by atoms with Crippen LogP contribution in [-0.2, 0) is 16.0 Å². The summed E-state index contributed by atoms with van der Waals surface area (Å²) in [4.78, 5) is 39.1. The van der Waals surface area contributed by atoms with Crippen molar-refractivity contribution in [1.29, 1.82) is 0 Å². The fourth-order valence-corrected chi connectivity index (χ4v) is 2.72. The molecule has 23 heavy (non-hydrogen) atoms. The average molecular weight is 316 g/mol. The first-order valence-electron chi connectivity index (χ1n) is 8.16. The number of nitrogens with zero attached hydrogens (tertiary/aromatic N) is 2. The minimum atomic E-state index is -0.00766. The van der Waals surface area contributed by atoms with E-state index in [1.54, 1.807) is 16.7 Å². The zero-order valence-corrected chi connectivity index (χ0v) is 13.9. The predicted octanol–water partition coefficient (Wildman–Crippen LogP) is 1.90. The van der Waals surface area contributed by atoms with Crippen molar-refractivity contribution in [3.63, 3.8) is 0 Å². The Balaban J connectivity index is 1.79. The molecule has 1 saturated heterocycles. The monoisotopic (exact) mass is 316 g/mol. The third kappa shape index (κ3) is 4.65. The normalized spacial score (nSPS) is 14.7. The van der Waals surface area contributed by atoms with Crippen molar-refractivity contribution in [2.75, 3.05) is 26.2 Å². The van der Waals surface area contributed by atoms with E-state index in [0.29, 0.717) is 31.7 Å². The minimum absolute atomic E-state index is 0.00313. The first kappa shape index (κ1) is 17.2. The molecular formula is C18H24N2O3. The highest BCUT2D eigenvalue weighted by atomic mass is 16.2. The van der Waals surface area contributed by atoms with Gasteiger partial charge in [0.25, 0.3) is 0 Å². The Hall–Kier alpha value is -2.17. The summed E-state index contributed by atoms with van der Waals surface area (Å²) in [6.07, 6.45) is 1.41. The van der Waals surface area contributed by atoms with Crippen LogP contribution in [0.2, 0.25) is 0 Å². The third-order valence-corrected chi connectivity index (χ3v) is 4.33. The molecule has 0 radical (unpaired) electrons. The number of rotatable bonds is 5. The SMILES string of the molecule is CCc1ccc(C(=O)CCC(=O)N2CCN(C(C)=O)CC2)cc1. The number of benzene rings is 1. The first-order chi connectivity index (χ1) is 11.0. The van der Waals surface area contributed by atoms with Crippen LogP contribution in [0.4, 0.5) is 0 Å². The maximum absolute atomic E-state index is 12.2. The second-order valence-corrected chi connectivity index (χ2v) is 5.86. The predicted molar refractivity (Wildman–Crippen MR) is 88.2 cm³/mol. The van der Waals surface area contributed by atoms with Crippen molar-refractivity contribution in [3.05, 3.63) is 35.4 Å². The molecule has 1 heterocycles. The molecule has 2 amide bonds. The van der Waals surface area contributed by atoms with Gasteiger partial charge in [-0.05, 0) is 12.0 Å². The van der Waals surface area contributed by atoms with E-state index in [9.17, 15) is 14.4 Å². The van der Waals surface area contributed by atoms with Crippen molar-refractivity contribution < 1.29 is 14.4 Å². The smallest absolute Gasteiger partial charge is 0.223 e. The van der Waals surface area contributed by atoms with Crippen LogP contribution in [0.15, 0.2) is 24.3 Å². The van der Waals surface area contributed by atoms with Crippen molar-refractivity contribution in [3.8, 4) is 0 Å². The Bertz CT molecular complexity index is 572. The van der Waals surface area contributed by atoms with Crippen LogP contribution in [-0.4, -0.2) is 53.6 Å². The molecule has 0 N–H and O–H groups in total. The van der Waals surface area contributed by atoms with Gasteiger partial charge < -0.3 is 9.80 Å². The summed E-state index contributed by atoms with van der Waals surface area (Å²) in [5, 5.41) is 0. The van der Waals surface area contributed by atoms with Crippen LogP contribution >= 0.6 is 0 Å². The van der Waals surface area contributed by atoms with Gasteiger partial charge in [0.2, 0.25) is 11.8 Å². The van der Waals surface area contributed by atoms with E-state index < -0.39 is 0 Å². The zero-order chi connectivity index (χ0) is 16.8. The van der Waals surface area contributed by atoms with Gasteiger partial charge in [-0.1, -0.05) is 31.2 Å². The summed E-state index contributed by atoms with van der Waals surface area (Å²) in [5.41, 5.74) is 1.86. The van der Waals surface area contributed by atoms with Gasteiger partial charge in [-0.15, -0.1) is 0 Å². The Morgan fingerprint density at radius 2 is 1.48 bits per heavy atom. The lowest BCUT2D eigenvalue weighted by atomic mass is 10.0. The fourth-order valence-electron chi connectivity index (χ4n) is 2.72. The summed E-state index contributed by atoms with van der Waals surface area (Å²) in [7, 11) is 0. The van der Waals surface area contributed by atoms with Gasteiger partial charge in [0.1, 0.15) is 0 Å². The number of hydrogen-bond acceptors (Lipinski definition) is 3. The van der Waals surface area contributed by atoms with Gasteiger partial charge in [0, 0.05) is 51.5 Å². The maximum atomic E-state index is 12.2. The Morgan fingerprint density at radius 3 is 2.00 bits per heavy atom. The topological polar surface area (TPSA) is 57.7 Å². The molecule has 1 aromatic rings. The van der Waals surface area contributed by atoms with Crippen LogP contribution in [0.3, 0.4) is 0 Å². The molecule has 124 valence electrons. The molecule has 5 nitrogen and oxygen atoms in total. The standard InChI is InChI=1S/C18H24N2O3/c1-3-15-4-6-16(7-5-15)17(22)8-9-18(23)20-12-10-19(11-13-20)14(2)21/h4-7H,3,8-13H2,1-2H3. The molecular weight excluding hydrogens is 292 g/mol. The van der Waals surface area contributed by atoms with Gasteiger partial charge >= 0.3 is 0 Å². The lowest BCUT2D eigenvalue weighted by Gasteiger charge is -2.34. The number of aryl methyl sites for hydroxylation is 1. The molecule has 0 spiro atoms. The van der Waals surface area contributed by atoms with Crippen LogP contribution in [0.25, 0.3) is 0 Å². The molecule has 1 fully saturated rings. The van der Waals surface area contributed by atoms with Crippen LogP contribution in [0.1, 0.15) is 42.6 Å². The average Bonchev–Trinajstić information content (AvgIpc) is 2.59. The summed E-state index contributed by atoms with van der Waals surface area (Å²) in [6, 6.07) is 7.57. The molecule has 2 rings (SSSR count). The molecule has 1 aliphatic heterocycles. The largest absolute Gasteiger partial charge is 0.339 e. The van der Waals surface area contributed by atoms with E-state index in [4.69, 9.17) is 0 Å². The van der Waals surface area contributed by atoms with Crippen LogP contribution in [0, 0.1) is 0 Å². The van der Waals surface area contributed by atoms with Gasteiger partial charge in [-0.3, -0.25) is 14.4 Å². The van der Waals surface area contributed by atoms with E-state index >= 15 is 0 Å². The Morgan fingerprint density at radius 1 is 0.913 bits per heavy atom. The number of Topliss-reactive ketones (excluding diaryl/α,β-unsaturated/α-hetero) is 1.